The number of aryl methyl sites for hydroxylation is 1. The SMILES string of the molecule is Cc1ccc2cc(C3(C4(CN)CC4)COC3)ccc2c1. The van der Waals surface area contributed by atoms with Crippen molar-refractivity contribution in [2.45, 2.75) is 25.2 Å². The van der Waals surface area contributed by atoms with Crippen LogP contribution < -0.4 is 5.73 Å². The van der Waals surface area contributed by atoms with Gasteiger partial charge in [0, 0.05) is 5.41 Å². The van der Waals surface area contributed by atoms with Crippen LogP contribution in [0.2, 0.25) is 0 Å². The number of nitrogens with two attached hydrogens (primary N) is 1. The second kappa shape index (κ2) is 4.06. The van der Waals surface area contributed by atoms with Crippen LogP contribution in [0, 0.1) is 12.3 Å². The average Bonchev–Trinajstić information content (AvgIpc) is 3.19. The molecule has 2 aliphatic rings. The summed E-state index contributed by atoms with van der Waals surface area (Å²) in [5.74, 6) is 0. The lowest BCUT2D eigenvalue weighted by Crippen LogP contribution is -2.55. The maximum Gasteiger partial charge on any atom is 0.0591 e. The van der Waals surface area contributed by atoms with Crippen LogP contribution in [0.1, 0.15) is 24.0 Å². The highest BCUT2D eigenvalue weighted by Gasteiger charge is 2.62. The molecule has 0 bridgehead atoms. The fourth-order valence-electron chi connectivity index (χ4n) is 3.78. The molecule has 2 nitrogen and oxygen atoms in total. The summed E-state index contributed by atoms with van der Waals surface area (Å²) >= 11 is 0. The molecule has 0 aromatic heterocycles. The van der Waals surface area contributed by atoms with Gasteiger partial charge >= 0.3 is 0 Å². The van der Waals surface area contributed by atoms with E-state index in [4.69, 9.17) is 10.5 Å². The zero-order valence-corrected chi connectivity index (χ0v) is 12.0. The van der Waals surface area contributed by atoms with Crippen LogP contribution in [0.4, 0.5) is 0 Å². The maximum atomic E-state index is 6.08. The molecule has 2 heteroatoms. The maximum absolute atomic E-state index is 6.08. The molecule has 1 saturated heterocycles. The zero-order chi connectivity index (χ0) is 13.8. The van der Waals surface area contributed by atoms with Gasteiger partial charge in [0.25, 0.3) is 0 Å². The van der Waals surface area contributed by atoms with Gasteiger partial charge in [-0.05, 0) is 48.1 Å². The lowest BCUT2D eigenvalue weighted by molar-refractivity contribution is -0.0972. The quantitative estimate of drug-likeness (QED) is 0.927. The highest BCUT2D eigenvalue weighted by atomic mass is 16.5. The summed E-state index contributed by atoms with van der Waals surface area (Å²) < 4.78 is 5.60. The second-order valence-electron chi connectivity index (χ2n) is 6.62. The lowest BCUT2D eigenvalue weighted by Gasteiger charge is -2.48. The van der Waals surface area contributed by atoms with Gasteiger partial charge in [-0.3, -0.25) is 0 Å². The molecule has 1 heterocycles. The van der Waals surface area contributed by atoms with Gasteiger partial charge < -0.3 is 10.5 Å². The molecule has 2 fully saturated rings. The van der Waals surface area contributed by atoms with E-state index in [0.29, 0.717) is 5.41 Å². The van der Waals surface area contributed by atoms with Crippen molar-refractivity contribution in [3.8, 4) is 0 Å². The summed E-state index contributed by atoms with van der Waals surface area (Å²) in [5, 5.41) is 2.65. The smallest absolute Gasteiger partial charge is 0.0591 e. The van der Waals surface area contributed by atoms with Crippen molar-refractivity contribution in [1.29, 1.82) is 0 Å². The second-order valence-corrected chi connectivity index (χ2v) is 6.62. The molecule has 0 amide bonds. The fraction of sp³-hybridized carbons (Fsp3) is 0.444. The Labute approximate surface area is 119 Å². The Bertz CT molecular complexity index is 668. The van der Waals surface area contributed by atoms with Crippen LogP contribution in [0.3, 0.4) is 0 Å². The summed E-state index contributed by atoms with van der Waals surface area (Å²) in [6.07, 6.45) is 2.50. The van der Waals surface area contributed by atoms with E-state index >= 15 is 0 Å². The first-order chi connectivity index (χ1) is 9.69. The van der Waals surface area contributed by atoms with Gasteiger partial charge in [0.1, 0.15) is 0 Å². The summed E-state index contributed by atoms with van der Waals surface area (Å²) in [6.45, 7) is 4.59. The normalized spacial score (nSPS) is 22.5. The Hall–Kier alpha value is -1.38. The molecule has 0 spiro atoms. The summed E-state index contributed by atoms with van der Waals surface area (Å²) in [4.78, 5) is 0. The topological polar surface area (TPSA) is 35.2 Å². The van der Waals surface area contributed by atoms with E-state index in [2.05, 4.69) is 43.3 Å². The molecular weight excluding hydrogens is 246 g/mol. The molecule has 20 heavy (non-hydrogen) atoms. The molecule has 4 rings (SSSR count). The average molecular weight is 267 g/mol. The highest BCUT2D eigenvalue weighted by Crippen LogP contribution is 2.61. The molecule has 1 saturated carbocycles. The summed E-state index contributed by atoms with van der Waals surface area (Å²) in [5.41, 5.74) is 9.27. The van der Waals surface area contributed by atoms with Gasteiger partial charge in [-0.15, -0.1) is 0 Å². The summed E-state index contributed by atoms with van der Waals surface area (Å²) in [7, 11) is 0. The molecule has 0 radical (unpaired) electrons. The van der Waals surface area contributed by atoms with Crippen LogP contribution in [-0.4, -0.2) is 19.8 Å². The van der Waals surface area contributed by atoms with Crippen LogP contribution in [-0.2, 0) is 10.2 Å². The number of ether oxygens (including phenoxy) is 1. The van der Waals surface area contributed by atoms with Crippen molar-refractivity contribution in [3.63, 3.8) is 0 Å². The number of hydrogen-bond donors (Lipinski definition) is 1. The molecule has 2 aromatic carbocycles. The first kappa shape index (κ1) is 12.4. The van der Waals surface area contributed by atoms with Crippen LogP contribution >= 0.6 is 0 Å². The van der Waals surface area contributed by atoms with Crippen LogP contribution in [0.15, 0.2) is 36.4 Å². The summed E-state index contributed by atoms with van der Waals surface area (Å²) in [6, 6.07) is 13.6. The molecule has 0 atom stereocenters. The first-order valence-corrected chi connectivity index (χ1v) is 7.48. The van der Waals surface area contributed by atoms with E-state index in [9.17, 15) is 0 Å². The Kier molecular flexibility index (Phi) is 2.51. The van der Waals surface area contributed by atoms with E-state index in [1.54, 1.807) is 0 Å². The Balaban J connectivity index is 1.83. The van der Waals surface area contributed by atoms with E-state index in [1.807, 2.05) is 0 Å². The number of benzene rings is 2. The molecule has 2 N–H and O–H groups in total. The highest BCUT2D eigenvalue weighted by molar-refractivity contribution is 5.84. The van der Waals surface area contributed by atoms with Gasteiger partial charge in [0.05, 0.1) is 13.2 Å². The Morgan fingerprint density at radius 3 is 2.35 bits per heavy atom. The van der Waals surface area contributed by atoms with Crippen LogP contribution in [0.5, 0.6) is 0 Å². The zero-order valence-electron chi connectivity index (χ0n) is 12.0. The minimum absolute atomic E-state index is 0.167. The fourth-order valence-corrected chi connectivity index (χ4v) is 3.78. The van der Waals surface area contributed by atoms with E-state index in [1.165, 1.54) is 34.7 Å². The first-order valence-electron chi connectivity index (χ1n) is 7.48. The van der Waals surface area contributed by atoms with Gasteiger partial charge in [-0.2, -0.15) is 0 Å². The van der Waals surface area contributed by atoms with Crippen molar-refractivity contribution in [1.82, 2.24) is 0 Å². The van der Waals surface area contributed by atoms with E-state index in [-0.39, 0.29) is 5.41 Å². The third-order valence-corrected chi connectivity index (χ3v) is 5.50. The Morgan fingerprint density at radius 1 is 1.05 bits per heavy atom. The molecule has 0 unspecified atom stereocenters. The van der Waals surface area contributed by atoms with E-state index in [0.717, 1.165) is 19.8 Å². The number of hydrogen-bond acceptors (Lipinski definition) is 2. The monoisotopic (exact) mass is 267 g/mol. The molecule has 1 aliphatic carbocycles. The van der Waals surface area contributed by atoms with Crippen molar-refractivity contribution in [3.05, 3.63) is 47.5 Å². The van der Waals surface area contributed by atoms with E-state index < -0.39 is 0 Å². The third kappa shape index (κ3) is 1.52. The predicted octanol–water partition coefficient (Wildman–Crippen LogP) is 3.16. The van der Waals surface area contributed by atoms with Crippen molar-refractivity contribution in [2.75, 3.05) is 19.8 Å². The minimum atomic E-state index is 0.167. The van der Waals surface area contributed by atoms with Gasteiger partial charge in [0.2, 0.25) is 0 Å². The van der Waals surface area contributed by atoms with Crippen molar-refractivity contribution in [2.24, 2.45) is 11.1 Å². The van der Waals surface area contributed by atoms with Gasteiger partial charge in [-0.1, -0.05) is 42.0 Å². The lowest BCUT2D eigenvalue weighted by atomic mass is 9.66. The molecule has 104 valence electrons. The molecular formula is C18H21NO. The predicted molar refractivity (Wildman–Crippen MR) is 81.9 cm³/mol. The van der Waals surface area contributed by atoms with Gasteiger partial charge in [-0.25, -0.2) is 0 Å². The van der Waals surface area contributed by atoms with Crippen molar-refractivity contribution < 1.29 is 4.74 Å². The molecule has 1 aliphatic heterocycles. The van der Waals surface area contributed by atoms with Gasteiger partial charge in [0.15, 0.2) is 0 Å². The van der Waals surface area contributed by atoms with Crippen LogP contribution in [0.25, 0.3) is 10.8 Å². The minimum Gasteiger partial charge on any atom is -0.379 e. The van der Waals surface area contributed by atoms with Crippen molar-refractivity contribution >= 4 is 10.8 Å². The molecule has 2 aromatic rings. The number of fused-ring (bicyclic) bond motifs is 1. The Morgan fingerprint density at radius 2 is 1.75 bits per heavy atom. The third-order valence-electron chi connectivity index (χ3n) is 5.50. The largest absolute Gasteiger partial charge is 0.379 e. The standard InChI is InChI=1S/C18H21NO/c1-13-2-3-15-9-16(5-4-14(15)8-13)18(11-20-12-18)17(10-19)6-7-17/h2-5,8-9H,6-7,10-12,19H2,1H3. The number of rotatable bonds is 3.